The molecule has 12 N–H and O–H groups in total. The molecular formula is C54H64N10O6. The lowest BCUT2D eigenvalue weighted by atomic mass is 9.92. The monoisotopic (exact) mass is 949 g/mol. The first kappa shape index (κ1) is 51.3. The number of ether oxygens (including phenoxy) is 2. The fourth-order valence-corrected chi connectivity index (χ4v) is 7.98. The number of guanidine groups is 2. The van der Waals surface area contributed by atoms with Gasteiger partial charge in [-0.15, -0.1) is 0 Å². The predicted octanol–water partition coefficient (Wildman–Crippen LogP) is 5.69. The molecule has 0 radical (unpaired) electrons. The number of carbonyl (C=O) groups excluding carboxylic acids is 4. The molecule has 6 aromatic carbocycles. The number of aliphatic imine (C=N–C) groups is 2. The lowest BCUT2D eigenvalue weighted by molar-refractivity contribution is -0.129. The topological polar surface area (TPSA) is 264 Å². The van der Waals surface area contributed by atoms with Crippen LogP contribution in [0.1, 0.15) is 62.5 Å². The average molecular weight is 949 g/mol. The molecule has 0 aliphatic rings. The molecular weight excluding hydrogens is 885 g/mol. The second-order valence-electron chi connectivity index (χ2n) is 16.8. The number of nitrogens with zero attached hydrogens (tertiary/aromatic N) is 2. The number of amides is 4. The number of hydrogen-bond donors (Lipinski definition) is 8. The van der Waals surface area contributed by atoms with E-state index in [1.165, 1.54) is 0 Å². The van der Waals surface area contributed by atoms with Gasteiger partial charge in [0.25, 0.3) is 0 Å². The number of rotatable bonds is 27. The van der Waals surface area contributed by atoms with Crippen LogP contribution in [0.25, 0.3) is 32.7 Å². The van der Waals surface area contributed by atoms with E-state index in [0.29, 0.717) is 76.2 Å². The average Bonchev–Trinajstić information content (AvgIpc) is 3.37. The van der Waals surface area contributed by atoms with Crippen LogP contribution in [0.3, 0.4) is 0 Å². The number of benzene rings is 6. The number of hydrogen-bond acceptors (Lipinski definition) is 8. The van der Waals surface area contributed by atoms with Crippen LogP contribution in [0.15, 0.2) is 143 Å². The van der Waals surface area contributed by atoms with E-state index in [4.69, 9.17) is 32.4 Å². The Bertz CT molecular complexity index is 2540. The van der Waals surface area contributed by atoms with E-state index >= 15 is 0 Å². The highest BCUT2D eigenvalue weighted by Crippen LogP contribution is 2.45. The van der Waals surface area contributed by atoms with Crippen molar-refractivity contribution in [2.45, 2.75) is 76.5 Å². The normalized spacial score (nSPS) is 11.7. The minimum atomic E-state index is -0.779. The Morgan fingerprint density at radius 2 is 0.857 bits per heavy atom. The number of carbonyl (C=O) groups is 4. The summed E-state index contributed by atoms with van der Waals surface area (Å²) in [6.07, 6.45) is 2.66. The Hall–Kier alpha value is -8.14. The van der Waals surface area contributed by atoms with Gasteiger partial charge in [-0.2, -0.15) is 0 Å². The Balaban J connectivity index is 1.12. The zero-order valence-electron chi connectivity index (χ0n) is 39.4. The van der Waals surface area contributed by atoms with Crippen molar-refractivity contribution in [1.82, 2.24) is 21.3 Å². The third-order valence-corrected chi connectivity index (χ3v) is 11.5. The number of nitrogens with two attached hydrogens (primary N) is 4. The van der Waals surface area contributed by atoms with Crippen molar-refractivity contribution in [3.05, 3.63) is 145 Å². The molecule has 0 saturated carbocycles. The van der Waals surface area contributed by atoms with Gasteiger partial charge in [0.1, 0.15) is 23.6 Å². The zero-order chi connectivity index (χ0) is 49.5. The summed E-state index contributed by atoms with van der Waals surface area (Å²) in [4.78, 5) is 61.3. The zero-order valence-corrected chi connectivity index (χ0v) is 39.4. The summed E-state index contributed by atoms with van der Waals surface area (Å²) in [5, 5.41) is 15.6. The highest BCUT2D eigenvalue weighted by atomic mass is 16.5. The standard InChI is InChI=1S/C54H64N10O6/c55-53(56)59-31-11-23-43(51(67)61-35-37-15-3-1-4-16-37)63-47(65)25-13-33-69-45-29-27-39-19-7-9-21-41(39)49(45)50-42-22-10-8-20-40(42)28-30-46(50)70-34-14-26-48(66)64-44(24-12-32-60-54(57)58)52(68)62-36-38-17-5-2-6-18-38/h1-10,15-22,27-30,43-44H,11-14,23-26,31-36H2,(H,61,67)(H,62,68)(H,63,65)(H,64,66)(H4,55,56,59)(H4,57,58,60)/t43-,44-/m1/s1. The van der Waals surface area contributed by atoms with Gasteiger partial charge in [0, 0.05) is 50.1 Å². The van der Waals surface area contributed by atoms with Gasteiger partial charge in [0.05, 0.1) is 13.2 Å². The van der Waals surface area contributed by atoms with E-state index in [1.54, 1.807) is 0 Å². The van der Waals surface area contributed by atoms with Gasteiger partial charge in [-0.3, -0.25) is 29.2 Å². The Morgan fingerprint density at radius 3 is 1.26 bits per heavy atom. The molecule has 16 heteroatoms. The molecule has 0 heterocycles. The SMILES string of the molecule is NC(N)=NCCC[C@@H](NC(=O)CCCOc1ccc2ccccc2c1-c1c(OCCCC(=O)N[C@H](CCCN=C(N)N)C(=O)NCc2ccccc2)ccc2ccccc12)C(=O)NCc1ccccc1. The minimum Gasteiger partial charge on any atom is -0.493 e. The van der Waals surface area contributed by atoms with E-state index in [-0.39, 0.29) is 61.6 Å². The van der Waals surface area contributed by atoms with Crippen molar-refractivity contribution in [1.29, 1.82) is 0 Å². The fraction of sp³-hybridized carbons (Fsp3) is 0.296. The molecule has 2 atom stereocenters. The molecule has 70 heavy (non-hydrogen) atoms. The third-order valence-electron chi connectivity index (χ3n) is 11.5. The summed E-state index contributed by atoms with van der Waals surface area (Å²) in [5.74, 6) is -0.0202. The van der Waals surface area contributed by atoms with Gasteiger partial charge < -0.3 is 53.7 Å². The summed E-state index contributed by atoms with van der Waals surface area (Å²) < 4.78 is 13.1. The maximum Gasteiger partial charge on any atom is 0.242 e. The summed E-state index contributed by atoms with van der Waals surface area (Å²) in [6, 6.07) is 41.5. The lowest BCUT2D eigenvalue weighted by Gasteiger charge is -2.20. The Morgan fingerprint density at radius 1 is 0.471 bits per heavy atom. The van der Waals surface area contributed by atoms with Gasteiger partial charge in [-0.1, -0.05) is 121 Å². The van der Waals surface area contributed by atoms with Crippen molar-refractivity contribution in [2.24, 2.45) is 32.9 Å². The van der Waals surface area contributed by atoms with Crippen LogP contribution in [0.4, 0.5) is 0 Å². The minimum absolute atomic E-state index is 0.0348. The maximum absolute atomic E-state index is 13.4. The van der Waals surface area contributed by atoms with Crippen molar-refractivity contribution in [3.8, 4) is 22.6 Å². The van der Waals surface area contributed by atoms with Crippen LogP contribution in [-0.2, 0) is 32.3 Å². The molecule has 0 bridgehead atoms. The molecule has 0 spiro atoms. The molecule has 0 aliphatic carbocycles. The second-order valence-corrected chi connectivity index (χ2v) is 16.8. The van der Waals surface area contributed by atoms with Crippen LogP contribution in [0, 0.1) is 0 Å². The van der Waals surface area contributed by atoms with E-state index in [2.05, 4.69) is 31.3 Å². The van der Waals surface area contributed by atoms with Crippen LogP contribution in [0.5, 0.6) is 11.5 Å². The molecule has 16 nitrogen and oxygen atoms in total. The van der Waals surface area contributed by atoms with Crippen molar-refractivity contribution in [2.75, 3.05) is 26.3 Å². The molecule has 0 aromatic heterocycles. The smallest absolute Gasteiger partial charge is 0.242 e. The molecule has 0 unspecified atom stereocenters. The fourth-order valence-electron chi connectivity index (χ4n) is 7.98. The van der Waals surface area contributed by atoms with Gasteiger partial charge in [-0.25, -0.2) is 0 Å². The number of fused-ring (bicyclic) bond motifs is 2. The molecule has 6 rings (SSSR count). The summed E-state index contributed by atoms with van der Waals surface area (Å²) in [6.45, 7) is 1.72. The first-order valence-corrected chi connectivity index (χ1v) is 23.7. The van der Waals surface area contributed by atoms with Gasteiger partial charge >= 0.3 is 0 Å². The van der Waals surface area contributed by atoms with Crippen molar-refractivity contribution >= 4 is 57.1 Å². The predicted molar refractivity (Wildman–Crippen MR) is 277 cm³/mol. The Labute approximate surface area is 408 Å². The first-order chi connectivity index (χ1) is 34.0. The van der Waals surface area contributed by atoms with Crippen molar-refractivity contribution in [3.63, 3.8) is 0 Å². The van der Waals surface area contributed by atoms with Crippen LogP contribution >= 0.6 is 0 Å². The highest BCUT2D eigenvalue weighted by molar-refractivity contribution is 6.09. The molecule has 6 aromatic rings. The number of nitrogens with one attached hydrogen (secondary N) is 4. The first-order valence-electron chi connectivity index (χ1n) is 23.7. The summed E-state index contributed by atoms with van der Waals surface area (Å²) >= 11 is 0. The van der Waals surface area contributed by atoms with E-state index in [0.717, 1.165) is 43.8 Å². The summed E-state index contributed by atoms with van der Waals surface area (Å²) in [7, 11) is 0. The van der Waals surface area contributed by atoms with E-state index in [9.17, 15) is 19.2 Å². The molecule has 0 saturated heterocycles. The molecule has 4 amide bonds. The van der Waals surface area contributed by atoms with Gasteiger partial charge in [0.15, 0.2) is 11.9 Å². The molecule has 0 aliphatic heterocycles. The van der Waals surface area contributed by atoms with Gasteiger partial charge in [-0.05, 0) is 83.3 Å². The van der Waals surface area contributed by atoms with Crippen LogP contribution in [-0.4, -0.2) is 73.9 Å². The molecule has 0 fully saturated rings. The van der Waals surface area contributed by atoms with E-state index in [1.807, 2.05) is 133 Å². The largest absolute Gasteiger partial charge is 0.493 e. The van der Waals surface area contributed by atoms with E-state index < -0.39 is 12.1 Å². The molecule has 366 valence electrons. The van der Waals surface area contributed by atoms with Crippen LogP contribution < -0.4 is 53.7 Å². The second kappa shape index (κ2) is 27.0. The lowest BCUT2D eigenvalue weighted by Crippen LogP contribution is -2.46. The summed E-state index contributed by atoms with van der Waals surface area (Å²) in [5.41, 5.74) is 25.5. The van der Waals surface area contributed by atoms with Crippen molar-refractivity contribution < 1.29 is 28.7 Å². The van der Waals surface area contributed by atoms with Gasteiger partial charge in [0.2, 0.25) is 23.6 Å². The maximum atomic E-state index is 13.4. The Kier molecular flexibility index (Phi) is 19.8. The third kappa shape index (κ3) is 16.0. The van der Waals surface area contributed by atoms with Crippen LogP contribution in [0.2, 0.25) is 0 Å². The quantitative estimate of drug-likeness (QED) is 0.0178. The highest BCUT2D eigenvalue weighted by Gasteiger charge is 2.23.